The molecule has 3 nitrogen and oxygen atoms in total. The van der Waals surface area contributed by atoms with Crippen molar-refractivity contribution in [2.24, 2.45) is 0 Å². The van der Waals surface area contributed by atoms with Crippen molar-refractivity contribution in [1.29, 1.82) is 0 Å². The molecule has 0 saturated carbocycles. The summed E-state index contributed by atoms with van der Waals surface area (Å²) >= 11 is 1.85. The fourth-order valence-electron chi connectivity index (χ4n) is 4.05. The highest BCUT2D eigenvalue weighted by Gasteiger charge is 2.18. The molecule has 28 heavy (non-hydrogen) atoms. The number of benzene rings is 2. The smallest absolute Gasteiger partial charge is 0.147 e. The molecular weight excluding hydrogens is 362 g/mol. The molecule has 4 aromatic heterocycles. The van der Waals surface area contributed by atoms with Crippen LogP contribution in [0.2, 0.25) is 0 Å². The van der Waals surface area contributed by atoms with Crippen LogP contribution in [0, 0.1) is 0 Å². The lowest BCUT2D eigenvalue weighted by molar-refractivity contribution is 0.571. The van der Waals surface area contributed by atoms with Crippen molar-refractivity contribution in [3.05, 3.63) is 66.5 Å². The molecule has 0 aliphatic rings. The van der Waals surface area contributed by atoms with Crippen LogP contribution >= 0.6 is 11.3 Å². The van der Waals surface area contributed by atoms with Crippen molar-refractivity contribution >= 4 is 59.1 Å². The minimum absolute atomic E-state index is 0.0314. The Morgan fingerprint density at radius 1 is 0.786 bits per heavy atom. The van der Waals surface area contributed by atoms with E-state index in [0.29, 0.717) is 0 Å². The van der Waals surface area contributed by atoms with E-state index < -0.39 is 0 Å². The molecule has 6 rings (SSSR count). The Morgan fingerprint density at radius 3 is 2.46 bits per heavy atom. The highest BCUT2D eigenvalue weighted by molar-refractivity contribution is 7.26. The predicted molar refractivity (Wildman–Crippen MR) is 120 cm³/mol. The van der Waals surface area contributed by atoms with Gasteiger partial charge in [0.05, 0.1) is 21.3 Å². The van der Waals surface area contributed by atoms with Gasteiger partial charge < -0.3 is 0 Å². The van der Waals surface area contributed by atoms with E-state index in [4.69, 9.17) is 9.97 Å². The molecule has 4 heterocycles. The number of hydrogen-bond acceptors (Lipinski definition) is 3. The minimum Gasteiger partial charge on any atom is -0.298 e. The summed E-state index contributed by atoms with van der Waals surface area (Å²) in [6.45, 7) is 6.59. The fraction of sp³-hybridized carbons (Fsp3) is 0.167. The van der Waals surface area contributed by atoms with Gasteiger partial charge in [0.2, 0.25) is 0 Å². The molecule has 0 atom stereocenters. The van der Waals surface area contributed by atoms with Crippen LogP contribution in [0.5, 0.6) is 0 Å². The maximum Gasteiger partial charge on any atom is 0.147 e. The SMILES string of the molecule is CC(C)(C)c1ccc2c(ccn3c2nc2ccc4c5ccccc5sc4c23)n1. The summed E-state index contributed by atoms with van der Waals surface area (Å²) in [5.41, 5.74) is 5.34. The first-order valence-electron chi connectivity index (χ1n) is 9.53. The van der Waals surface area contributed by atoms with Crippen LogP contribution in [0.25, 0.3) is 47.8 Å². The first-order valence-corrected chi connectivity index (χ1v) is 10.3. The van der Waals surface area contributed by atoms with Gasteiger partial charge in [-0.15, -0.1) is 11.3 Å². The van der Waals surface area contributed by atoms with E-state index in [2.05, 4.69) is 86.0 Å². The van der Waals surface area contributed by atoms with Crippen LogP contribution in [0.1, 0.15) is 26.5 Å². The Balaban J connectivity index is 1.75. The van der Waals surface area contributed by atoms with Gasteiger partial charge >= 0.3 is 0 Å². The van der Waals surface area contributed by atoms with E-state index in [0.717, 1.165) is 27.8 Å². The minimum atomic E-state index is 0.0314. The summed E-state index contributed by atoms with van der Waals surface area (Å²) < 4.78 is 4.84. The number of nitrogens with zero attached hydrogens (tertiary/aromatic N) is 3. The van der Waals surface area contributed by atoms with Gasteiger partial charge in [0.1, 0.15) is 5.65 Å². The van der Waals surface area contributed by atoms with Gasteiger partial charge in [0.25, 0.3) is 0 Å². The third kappa shape index (κ3) is 2.09. The van der Waals surface area contributed by atoms with Crippen molar-refractivity contribution in [2.75, 3.05) is 0 Å². The monoisotopic (exact) mass is 381 g/mol. The van der Waals surface area contributed by atoms with Gasteiger partial charge in [-0.05, 0) is 30.3 Å². The normalized spacial score (nSPS) is 12.8. The average molecular weight is 382 g/mol. The van der Waals surface area contributed by atoms with Crippen LogP contribution < -0.4 is 0 Å². The number of pyridine rings is 2. The first kappa shape index (κ1) is 16.0. The maximum atomic E-state index is 4.99. The number of rotatable bonds is 0. The van der Waals surface area contributed by atoms with E-state index in [9.17, 15) is 0 Å². The van der Waals surface area contributed by atoms with Crippen molar-refractivity contribution < 1.29 is 0 Å². The van der Waals surface area contributed by atoms with Crippen LogP contribution in [-0.4, -0.2) is 14.4 Å². The van der Waals surface area contributed by atoms with Crippen LogP contribution in [0.3, 0.4) is 0 Å². The van der Waals surface area contributed by atoms with Gasteiger partial charge in [-0.3, -0.25) is 9.38 Å². The third-order valence-corrected chi connectivity index (χ3v) is 6.70. The Hall–Kier alpha value is -2.98. The number of thiophene rings is 1. The second kappa shape index (κ2) is 5.30. The highest BCUT2D eigenvalue weighted by Crippen LogP contribution is 2.39. The van der Waals surface area contributed by atoms with Crippen molar-refractivity contribution in [1.82, 2.24) is 14.4 Å². The molecule has 0 aliphatic heterocycles. The van der Waals surface area contributed by atoms with Gasteiger partial charge in [-0.2, -0.15) is 0 Å². The zero-order valence-corrected chi connectivity index (χ0v) is 16.8. The molecule has 2 aromatic carbocycles. The second-order valence-electron chi connectivity index (χ2n) is 8.41. The van der Waals surface area contributed by atoms with Gasteiger partial charge in [-0.1, -0.05) is 45.0 Å². The molecule has 136 valence electrons. The lowest BCUT2D eigenvalue weighted by Gasteiger charge is -2.18. The highest BCUT2D eigenvalue weighted by atomic mass is 32.1. The van der Waals surface area contributed by atoms with E-state index in [-0.39, 0.29) is 5.41 Å². The fourth-order valence-corrected chi connectivity index (χ4v) is 5.29. The van der Waals surface area contributed by atoms with Crippen LogP contribution in [-0.2, 0) is 5.41 Å². The average Bonchev–Trinajstić information content (AvgIpc) is 3.24. The largest absolute Gasteiger partial charge is 0.298 e. The molecule has 0 aliphatic carbocycles. The summed E-state index contributed by atoms with van der Waals surface area (Å²) in [5.74, 6) is 0. The Bertz CT molecular complexity index is 1550. The van der Waals surface area contributed by atoms with E-state index >= 15 is 0 Å². The van der Waals surface area contributed by atoms with Crippen molar-refractivity contribution in [2.45, 2.75) is 26.2 Å². The molecule has 4 heteroatoms. The lowest BCUT2D eigenvalue weighted by atomic mass is 9.91. The number of aromatic nitrogens is 3. The lowest BCUT2D eigenvalue weighted by Crippen LogP contribution is -2.13. The molecule has 0 amide bonds. The maximum absolute atomic E-state index is 4.99. The molecule has 0 fully saturated rings. The Labute approximate surface area is 166 Å². The Morgan fingerprint density at radius 2 is 1.61 bits per heavy atom. The number of hydrogen-bond donors (Lipinski definition) is 0. The molecule has 0 spiro atoms. The zero-order valence-electron chi connectivity index (χ0n) is 16.0. The van der Waals surface area contributed by atoms with E-state index in [1.54, 1.807) is 0 Å². The van der Waals surface area contributed by atoms with Gasteiger partial charge in [0.15, 0.2) is 0 Å². The molecule has 6 aromatic rings. The molecule has 0 radical (unpaired) electrons. The molecule has 0 N–H and O–H groups in total. The summed E-state index contributed by atoms with van der Waals surface area (Å²) in [5, 5.41) is 3.72. The number of fused-ring (bicyclic) bond motifs is 9. The van der Waals surface area contributed by atoms with E-state index in [1.807, 2.05) is 11.3 Å². The molecule has 0 saturated heterocycles. The molecular formula is C24H19N3S. The van der Waals surface area contributed by atoms with Crippen LogP contribution in [0.4, 0.5) is 0 Å². The van der Waals surface area contributed by atoms with E-state index in [1.165, 1.54) is 25.7 Å². The quantitative estimate of drug-likeness (QED) is 0.293. The summed E-state index contributed by atoms with van der Waals surface area (Å²) in [6, 6.07) is 19.4. The Kier molecular flexibility index (Phi) is 3.03. The third-order valence-electron chi connectivity index (χ3n) is 5.51. The topological polar surface area (TPSA) is 30.2 Å². The predicted octanol–water partition coefficient (Wildman–Crippen LogP) is 6.70. The standard InChI is InChI=1S/C24H19N3S/c1-24(2,3)20-11-9-16-17(25-20)12-13-27-21-18(26-23(16)27)10-8-15-14-6-4-5-7-19(14)28-22(15)21/h4-13H,1-3H3. The summed E-state index contributed by atoms with van der Waals surface area (Å²) in [7, 11) is 0. The zero-order chi connectivity index (χ0) is 19.0. The second-order valence-corrected chi connectivity index (χ2v) is 9.46. The number of imidazole rings is 1. The van der Waals surface area contributed by atoms with Crippen molar-refractivity contribution in [3.8, 4) is 0 Å². The van der Waals surface area contributed by atoms with Crippen LogP contribution in [0.15, 0.2) is 60.8 Å². The molecule has 0 bridgehead atoms. The van der Waals surface area contributed by atoms with Gasteiger partial charge in [-0.25, -0.2) is 4.98 Å². The van der Waals surface area contributed by atoms with Gasteiger partial charge in [0, 0.05) is 38.2 Å². The van der Waals surface area contributed by atoms with Crippen molar-refractivity contribution in [3.63, 3.8) is 0 Å². The summed E-state index contributed by atoms with van der Waals surface area (Å²) in [6.07, 6.45) is 2.12. The first-order chi connectivity index (χ1) is 13.5. The summed E-state index contributed by atoms with van der Waals surface area (Å²) in [4.78, 5) is 9.90. The molecule has 0 unspecified atom stereocenters.